The highest BCUT2D eigenvalue weighted by molar-refractivity contribution is 9.10. The van der Waals surface area contributed by atoms with Crippen LogP contribution in [0.3, 0.4) is 0 Å². The standard InChI is InChI=1S/C20H21BrN2O3/c1-11-5-6-12(2)16(7-11)23-19(24)22-15-10-20(23,3)26-18-14(15)8-13(21)9-17(18)25-4/h5-9,15H,10H2,1-4H3,(H,22,24). The first kappa shape index (κ1) is 17.2. The summed E-state index contributed by atoms with van der Waals surface area (Å²) in [7, 11) is 1.62. The van der Waals surface area contributed by atoms with Crippen molar-refractivity contribution in [1.29, 1.82) is 0 Å². The summed E-state index contributed by atoms with van der Waals surface area (Å²) < 4.78 is 12.8. The molecule has 0 aromatic heterocycles. The molecule has 2 unspecified atom stereocenters. The summed E-state index contributed by atoms with van der Waals surface area (Å²) in [5, 5.41) is 3.13. The third-order valence-corrected chi connectivity index (χ3v) is 5.59. The number of aryl methyl sites for hydroxylation is 2. The first-order valence-corrected chi connectivity index (χ1v) is 9.36. The lowest BCUT2D eigenvalue weighted by Crippen LogP contribution is -2.65. The first-order valence-electron chi connectivity index (χ1n) is 8.57. The Morgan fingerprint density at radius 3 is 2.81 bits per heavy atom. The van der Waals surface area contributed by atoms with Gasteiger partial charge < -0.3 is 14.8 Å². The minimum atomic E-state index is -0.792. The Morgan fingerprint density at radius 1 is 1.31 bits per heavy atom. The van der Waals surface area contributed by atoms with E-state index in [4.69, 9.17) is 9.47 Å². The lowest BCUT2D eigenvalue weighted by molar-refractivity contribution is 0.0348. The van der Waals surface area contributed by atoms with Crippen molar-refractivity contribution >= 4 is 27.6 Å². The van der Waals surface area contributed by atoms with Gasteiger partial charge in [-0.25, -0.2) is 4.79 Å². The number of urea groups is 1. The van der Waals surface area contributed by atoms with Crippen molar-refractivity contribution in [3.63, 3.8) is 0 Å². The fraction of sp³-hybridized carbons (Fsp3) is 0.350. The average Bonchev–Trinajstić information content (AvgIpc) is 2.57. The van der Waals surface area contributed by atoms with E-state index in [2.05, 4.69) is 21.2 Å². The monoisotopic (exact) mass is 416 g/mol. The van der Waals surface area contributed by atoms with Crippen molar-refractivity contribution in [3.8, 4) is 11.5 Å². The highest BCUT2D eigenvalue weighted by Gasteiger charge is 2.51. The molecule has 2 heterocycles. The van der Waals surface area contributed by atoms with Gasteiger partial charge in [-0.15, -0.1) is 0 Å². The van der Waals surface area contributed by atoms with Gasteiger partial charge in [-0.1, -0.05) is 28.1 Å². The van der Waals surface area contributed by atoms with E-state index in [0.29, 0.717) is 17.9 Å². The summed E-state index contributed by atoms with van der Waals surface area (Å²) in [6.45, 7) is 5.99. The predicted octanol–water partition coefficient (Wildman–Crippen LogP) is 4.84. The van der Waals surface area contributed by atoms with Crippen LogP contribution in [0.5, 0.6) is 11.5 Å². The maximum absolute atomic E-state index is 13.0. The molecule has 0 radical (unpaired) electrons. The largest absolute Gasteiger partial charge is 0.493 e. The van der Waals surface area contributed by atoms with E-state index in [1.54, 1.807) is 12.0 Å². The second kappa shape index (κ2) is 5.91. The van der Waals surface area contributed by atoms with Crippen LogP contribution >= 0.6 is 15.9 Å². The van der Waals surface area contributed by atoms with Gasteiger partial charge in [0.25, 0.3) is 0 Å². The van der Waals surface area contributed by atoms with Crippen molar-refractivity contribution < 1.29 is 14.3 Å². The van der Waals surface area contributed by atoms with Crippen molar-refractivity contribution in [2.45, 2.75) is 39.0 Å². The number of carbonyl (C=O) groups is 1. The summed E-state index contributed by atoms with van der Waals surface area (Å²) in [5.41, 5.74) is 3.13. The van der Waals surface area contributed by atoms with Gasteiger partial charge >= 0.3 is 6.03 Å². The Labute approximate surface area is 161 Å². The number of hydrogen-bond acceptors (Lipinski definition) is 3. The number of halogens is 1. The summed E-state index contributed by atoms with van der Waals surface area (Å²) in [4.78, 5) is 14.8. The Bertz CT molecular complexity index is 914. The molecule has 5 nitrogen and oxygen atoms in total. The van der Waals surface area contributed by atoms with Crippen LogP contribution in [-0.4, -0.2) is 18.9 Å². The third-order valence-electron chi connectivity index (χ3n) is 5.13. The minimum Gasteiger partial charge on any atom is -0.493 e. The van der Waals surface area contributed by atoms with Gasteiger partial charge in [0.2, 0.25) is 0 Å². The quantitative estimate of drug-likeness (QED) is 0.761. The molecule has 2 aliphatic heterocycles. The number of carbonyl (C=O) groups excluding carboxylic acids is 1. The van der Waals surface area contributed by atoms with Crippen molar-refractivity contribution in [2.24, 2.45) is 0 Å². The van der Waals surface area contributed by atoms with Gasteiger partial charge in [-0.2, -0.15) is 0 Å². The molecule has 0 spiro atoms. The Hall–Kier alpha value is -2.21. The molecule has 1 saturated heterocycles. The summed E-state index contributed by atoms with van der Waals surface area (Å²) in [6, 6.07) is 9.69. The number of ether oxygens (including phenoxy) is 2. The smallest absolute Gasteiger partial charge is 0.325 e. The van der Waals surface area contributed by atoms with Crippen LogP contribution in [-0.2, 0) is 0 Å². The molecule has 2 bridgehead atoms. The van der Waals surface area contributed by atoms with E-state index in [9.17, 15) is 4.79 Å². The molecular formula is C20H21BrN2O3. The van der Waals surface area contributed by atoms with E-state index in [1.165, 1.54) is 0 Å². The average molecular weight is 417 g/mol. The molecule has 2 aliphatic rings. The Balaban J connectivity index is 1.86. The van der Waals surface area contributed by atoms with E-state index < -0.39 is 5.72 Å². The van der Waals surface area contributed by atoms with Crippen LogP contribution in [0.25, 0.3) is 0 Å². The zero-order chi connectivity index (χ0) is 18.6. The number of nitrogens with one attached hydrogen (secondary N) is 1. The molecule has 2 aromatic rings. The number of hydrogen-bond donors (Lipinski definition) is 1. The van der Waals surface area contributed by atoms with Gasteiger partial charge in [0.15, 0.2) is 17.2 Å². The third kappa shape index (κ3) is 2.55. The molecule has 2 aromatic carbocycles. The van der Waals surface area contributed by atoms with Crippen LogP contribution in [0.15, 0.2) is 34.8 Å². The number of fused-ring (bicyclic) bond motifs is 4. The molecule has 4 rings (SSSR count). The molecule has 26 heavy (non-hydrogen) atoms. The van der Waals surface area contributed by atoms with Crippen molar-refractivity contribution in [1.82, 2.24) is 5.32 Å². The SMILES string of the molecule is COc1cc(Br)cc2c1OC1(C)CC2NC(=O)N1c1cc(C)ccc1C. The lowest BCUT2D eigenvalue weighted by atomic mass is 9.89. The Kier molecular flexibility index (Phi) is 3.91. The molecule has 1 fully saturated rings. The Morgan fingerprint density at radius 2 is 2.08 bits per heavy atom. The molecule has 0 saturated carbocycles. The second-order valence-electron chi connectivity index (χ2n) is 7.14. The second-order valence-corrected chi connectivity index (χ2v) is 8.05. The topological polar surface area (TPSA) is 50.8 Å². The van der Waals surface area contributed by atoms with E-state index in [0.717, 1.165) is 26.9 Å². The molecule has 1 N–H and O–H groups in total. The number of benzene rings is 2. The van der Waals surface area contributed by atoms with Crippen LogP contribution in [0.1, 0.15) is 36.1 Å². The number of rotatable bonds is 2. The number of nitrogens with zero attached hydrogens (tertiary/aromatic N) is 1. The van der Waals surface area contributed by atoms with Crippen molar-refractivity contribution in [3.05, 3.63) is 51.5 Å². The van der Waals surface area contributed by atoms with Crippen LogP contribution in [0, 0.1) is 13.8 Å². The maximum Gasteiger partial charge on any atom is 0.325 e. The van der Waals surface area contributed by atoms with Gasteiger partial charge in [-0.3, -0.25) is 4.90 Å². The van der Waals surface area contributed by atoms with Crippen molar-refractivity contribution in [2.75, 3.05) is 12.0 Å². The minimum absolute atomic E-state index is 0.121. The van der Waals surface area contributed by atoms with E-state index >= 15 is 0 Å². The van der Waals surface area contributed by atoms with Crippen LogP contribution in [0.2, 0.25) is 0 Å². The fourth-order valence-corrected chi connectivity index (χ4v) is 4.33. The summed E-state index contributed by atoms with van der Waals surface area (Å²) in [5.74, 6) is 1.34. The van der Waals surface area contributed by atoms with Gasteiger partial charge in [-0.05, 0) is 50.1 Å². The lowest BCUT2D eigenvalue weighted by Gasteiger charge is -2.51. The van der Waals surface area contributed by atoms with Gasteiger partial charge in [0, 0.05) is 16.5 Å². The highest BCUT2D eigenvalue weighted by atomic mass is 79.9. The molecule has 6 heteroatoms. The first-order chi connectivity index (χ1) is 12.3. The number of methoxy groups -OCH3 is 1. The van der Waals surface area contributed by atoms with Crippen LogP contribution in [0.4, 0.5) is 10.5 Å². The fourth-order valence-electron chi connectivity index (χ4n) is 3.88. The predicted molar refractivity (Wildman–Crippen MR) is 104 cm³/mol. The molecule has 0 aliphatic carbocycles. The number of amides is 2. The van der Waals surface area contributed by atoms with E-state index in [-0.39, 0.29) is 12.1 Å². The zero-order valence-electron chi connectivity index (χ0n) is 15.2. The summed E-state index contributed by atoms with van der Waals surface area (Å²) in [6.07, 6.45) is 0.652. The summed E-state index contributed by atoms with van der Waals surface area (Å²) >= 11 is 3.51. The molecule has 2 amide bonds. The molecular weight excluding hydrogens is 396 g/mol. The van der Waals surface area contributed by atoms with Crippen LogP contribution < -0.4 is 19.7 Å². The van der Waals surface area contributed by atoms with Gasteiger partial charge in [0.05, 0.1) is 18.8 Å². The number of anilines is 1. The zero-order valence-corrected chi connectivity index (χ0v) is 16.8. The van der Waals surface area contributed by atoms with Gasteiger partial charge in [0.1, 0.15) is 0 Å². The molecule has 2 atom stereocenters. The highest BCUT2D eigenvalue weighted by Crippen LogP contribution is 2.50. The van der Waals surface area contributed by atoms with E-state index in [1.807, 2.05) is 51.1 Å². The normalized spacial score (nSPS) is 23.8. The maximum atomic E-state index is 13.0. The molecule has 136 valence electrons.